The molecule has 0 aliphatic heterocycles. The molecule has 0 fully saturated rings. The Morgan fingerprint density at radius 3 is 2.53 bits per heavy atom. The second-order valence-corrected chi connectivity index (χ2v) is 7.04. The number of benzene rings is 2. The largest absolute Gasteiger partial charge is 0.320 e. The van der Waals surface area contributed by atoms with Gasteiger partial charge in [-0.15, -0.1) is 10.2 Å². The average Bonchev–Trinajstić information content (AvgIpc) is 3.11. The van der Waals surface area contributed by atoms with Crippen molar-refractivity contribution >= 4 is 28.8 Å². The van der Waals surface area contributed by atoms with Crippen molar-refractivity contribution in [3.05, 3.63) is 76.2 Å². The molecular formula is C21H16ClF2N5O. The van der Waals surface area contributed by atoms with Crippen LogP contribution in [0.4, 0.5) is 14.5 Å². The first kappa shape index (κ1) is 19.9. The van der Waals surface area contributed by atoms with E-state index in [1.165, 1.54) is 24.3 Å². The van der Waals surface area contributed by atoms with E-state index in [0.717, 1.165) is 22.9 Å². The number of rotatable bonds is 4. The molecule has 6 nitrogen and oxygen atoms in total. The number of amides is 1. The highest BCUT2D eigenvalue weighted by atomic mass is 35.5. The van der Waals surface area contributed by atoms with Gasteiger partial charge in [0.25, 0.3) is 5.91 Å². The molecule has 0 saturated heterocycles. The molecule has 152 valence electrons. The Morgan fingerprint density at radius 2 is 1.87 bits per heavy atom. The van der Waals surface area contributed by atoms with E-state index in [2.05, 4.69) is 20.6 Å². The van der Waals surface area contributed by atoms with Gasteiger partial charge in [0, 0.05) is 5.69 Å². The maximum absolute atomic E-state index is 13.3. The Balaban J connectivity index is 1.76. The van der Waals surface area contributed by atoms with Gasteiger partial charge in [-0.05, 0) is 49.2 Å². The molecule has 0 aliphatic rings. The number of nitrogens with zero attached hydrogens (tertiary/aromatic N) is 4. The molecule has 0 radical (unpaired) electrons. The van der Waals surface area contributed by atoms with E-state index in [9.17, 15) is 13.6 Å². The van der Waals surface area contributed by atoms with Gasteiger partial charge in [-0.3, -0.25) is 4.79 Å². The summed E-state index contributed by atoms with van der Waals surface area (Å²) in [4.78, 5) is 12.7. The third-order valence-electron chi connectivity index (χ3n) is 4.70. The van der Waals surface area contributed by atoms with Crippen molar-refractivity contribution in [1.29, 1.82) is 0 Å². The first-order chi connectivity index (χ1) is 14.4. The lowest BCUT2D eigenvalue weighted by Crippen LogP contribution is -2.18. The zero-order valence-electron chi connectivity index (χ0n) is 16.1. The highest BCUT2D eigenvalue weighted by Crippen LogP contribution is 2.29. The quantitative estimate of drug-likeness (QED) is 0.505. The van der Waals surface area contributed by atoms with Crippen LogP contribution in [-0.2, 0) is 6.42 Å². The van der Waals surface area contributed by atoms with Crippen molar-refractivity contribution < 1.29 is 13.6 Å². The Hall–Kier alpha value is -3.39. The molecule has 0 spiro atoms. The topological polar surface area (TPSA) is 72.2 Å². The van der Waals surface area contributed by atoms with Crippen molar-refractivity contribution in [2.24, 2.45) is 0 Å². The number of nitrogens with one attached hydrogen (secondary N) is 1. The molecule has 4 rings (SSSR count). The van der Waals surface area contributed by atoms with Crippen LogP contribution >= 0.6 is 11.6 Å². The van der Waals surface area contributed by atoms with Gasteiger partial charge in [0.15, 0.2) is 11.3 Å². The summed E-state index contributed by atoms with van der Waals surface area (Å²) in [6.45, 7) is 3.65. The third-order valence-corrected chi connectivity index (χ3v) is 4.99. The first-order valence-corrected chi connectivity index (χ1v) is 9.54. The predicted octanol–water partition coefficient (Wildman–Crippen LogP) is 4.85. The molecule has 0 bridgehead atoms. The summed E-state index contributed by atoms with van der Waals surface area (Å²) in [5.41, 5.74) is 3.60. The Bertz CT molecular complexity index is 1270. The molecule has 2 aromatic heterocycles. The van der Waals surface area contributed by atoms with E-state index in [1.807, 2.05) is 6.92 Å². The van der Waals surface area contributed by atoms with E-state index >= 15 is 0 Å². The summed E-state index contributed by atoms with van der Waals surface area (Å²) >= 11 is 5.76. The second-order valence-electron chi connectivity index (χ2n) is 6.63. The average molecular weight is 428 g/mol. The minimum Gasteiger partial charge on any atom is -0.320 e. The fraction of sp³-hybridized carbons (Fsp3) is 0.143. The van der Waals surface area contributed by atoms with Crippen LogP contribution in [0.25, 0.3) is 16.8 Å². The fourth-order valence-corrected chi connectivity index (χ4v) is 3.36. The molecule has 0 saturated carbocycles. The number of carbonyl (C=O) groups is 1. The SMILES string of the molecule is CCc1nn2c(C)c(C(=O)Nc3ccc(F)c(Cl)c3)nnc2c1-c1ccc(F)cc1. The molecule has 2 heterocycles. The van der Waals surface area contributed by atoms with Gasteiger partial charge in [0.1, 0.15) is 11.6 Å². The van der Waals surface area contributed by atoms with Gasteiger partial charge in [-0.2, -0.15) is 5.10 Å². The van der Waals surface area contributed by atoms with Gasteiger partial charge in [0.2, 0.25) is 0 Å². The zero-order chi connectivity index (χ0) is 21.4. The molecular weight excluding hydrogens is 412 g/mol. The summed E-state index contributed by atoms with van der Waals surface area (Å²) in [6.07, 6.45) is 0.616. The predicted molar refractivity (Wildman–Crippen MR) is 110 cm³/mol. The summed E-state index contributed by atoms with van der Waals surface area (Å²) in [7, 11) is 0. The molecule has 0 aliphatic carbocycles. The van der Waals surface area contributed by atoms with Crippen LogP contribution in [0.2, 0.25) is 5.02 Å². The van der Waals surface area contributed by atoms with E-state index in [-0.39, 0.29) is 16.5 Å². The fourth-order valence-electron chi connectivity index (χ4n) is 3.18. The summed E-state index contributed by atoms with van der Waals surface area (Å²) < 4.78 is 28.2. The lowest BCUT2D eigenvalue weighted by atomic mass is 10.0. The maximum atomic E-state index is 13.3. The standard InChI is InChI=1S/C21H16ClF2N5O/c1-3-17-18(12-4-6-13(23)7-5-12)20-27-26-19(11(2)29(20)28-17)21(30)25-14-8-9-16(24)15(22)10-14/h4-10H,3H2,1-2H3,(H,25,30). The monoisotopic (exact) mass is 427 g/mol. The number of carbonyl (C=O) groups excluding carboxylic acids is 1. The van der Waals surface area contributed by atoms with Gasteiger partial charge >= 0.3 is 0 Å². The molecule has 9 heteroatoms. The minimum absolute atomic E-state index is 0.0683. The van der Waals surface area contributed by atoms with E-state index in [1.54, 1.807) is 23.6 Å². The van der Waals surface area contributed by atoms with Crippen LogP contribution in [0.15, 0.2) is 42.5 Å². The van der Waals surface area contributed by atoms with Gasteiger partial charge in [-0.25, -0.2) is 13.3 Å². The van der Waals surface area contributed by atoms with Gasteiger partial charge in [0.05, 0.1) is 22.0 Å². The summed E-state index contributed by atoms with van der Waals surface area (Å²) in [5.74, 6) is -1.44. The number of anilines is 1. The number of hydrogen-bond donors (Lipinski definition) is 1. The van der Waals surface area contributed by atoms with Crippen molar-refractivity contribution in [2.45, 2.75) is 20.3 Å². The van der Waals surface area contributed by atoms with Gasteiger partial charge in [-0.1, -0.05) is 30.7 Å². The van der Waals surface area contributed by atoms with E-state index in [4.69, 9.17) is 11.6 Å². The first-order valence-electron chi connectivity index (χ1n) is 9.16. The number of aryl methyl sites for hydroxylation is 2. The smallest absolute Gasteiger partial charge is 0.278 e. The number of fused-ring (bicyclic) bond motifs is 1. The molecule has 0 atom stereocenters. The third kappa shape index (κ3) is 3.50. The Labute approximate surface area is 175 Å². The maximum Gasteiger partial charge on any atom is 0.278 e. The number of aromatic nitrogens is 4. The van der Waals surface area contributed by atoms with Crippen LogP contribution in [-0.4, -0.2) is 25.7 Å². The van der Waals surface area contributed by atoms with E-state index < -0.39 is 11.7 Å². The van der Waals surface area contributed by atoms with E-state index in [0.29, 0.717) is 23.4 Å². The highest BCUT2D eigenvalue weighted by molar-refractivity contribution is 6.31. The lowest BCUT2D eigenvalue weighted by Gasteiger charge is -2.08. The molecule has 4 aromatic rings. The van der Waals surface area contributed by atoms with Crippen molar-refractivity contribution in [2.75, 3.05) is 5.32 Å². The second kappa shape index (κ2) is 7.79. The molecule has 2 aromatic carbocycles. The normalized spacial score (nSPS) is 11.1. The van der Waals surface area contributed by atoms with Crippen molar-refractivity contribution in [3.8, 4) is 11.1 Å². The molecule has 0 unspecified atom stereocenters. The van der Waals surface area contributed by atoms with Crippen LogP contribution in [0.3, 0.4) is 0 Å². The molecule has 1 amide bonds. The minimum atomic E-state index is -0.580. The van der Waals surface area contributed by atoms with Crippen LogP contribution < -0.4 is 5.32 Å². The summed E-state index contributed by atoms with van der Waals surface area (Å²) in [6, 6.07) is 9.92. The number of halogens is 3. The molecule has 1 N–H and O–H groups in total. The van der Waals surface area contributed by atoms with Crippen LogP contribution in [0.5, 0.6) is 0 Å². The van der Waals surface area contributed by atoms with Crippen molar-refractivity contribution in [1.82, 2.24) is 19.8 Å². The van der Waals surface area contributed by atoms with Crippen LogP contribution in [0, 0.1) is 18.6 Å². The Morgan fingerprint density at radius 1 is 1.13 bits per heavy atom. The zero-order valence-corrected chi connectivity index (χ0v) is 16.8. The van der Waals surface area contributed by atoms with Gasteiger partial charge < -0.3 is 5.32 Å². The highest BCUT2D eigenvalue weighted by Gasteiger charge is 2.21. The molecule has 30 heavy (non-hydrogen) atoms. The Kier molecular flexibility index (Phi) is 5.17. The summed E-state index contributed by atoms with van der Waals surface area (Å²) in [5, 5.41) is 15.4. The number of hydrogen-bond acceptors (Lipinski definition) is 4. The van der Waals surface area contributed by atoms with Crippen LogP contribution in [0.1, 0.15) is 28.8 Å². The van der Waals surface area contributed by atoms with Crippen molar-refractivity contribution in [3.63, 3.8) is 0 Å². The lowest BCUT2D eigenvalue weighted by molar-refractivity contribution is 0.102.